The molecular formula is C17H23IN2. The standard InChI is InChI=1S/C17H23N2.HI/c1-17-10-6-11-19(17,3)12-9-14-13-7-4-5-8-15(13)18(2)16(14)17;/h4-5,7-8H,6,9-12H2,1-3H3;1H/q+1;/p-1. The van der Waals surface area contributed by atoms with Crippen LogP contribution in [0.5, 0.6) is 0 Å². The van der Waals surface area contributed by atoms with Gasteiger partial charge >= 0.3 is 0 Å². The average Bonchev–Trinajstić information content (AvgIpc) is 2.87. The number of fused-ring (bicyclic) bond motifs is 5. The summed E-state index contributed by atoms with van der Waals surface area (Å²) in [5, 5.41) is 1.49. The molecule has 2 unspecified atom stereocenters. The molecule has 2 aromatic rings. The summed E-state index contributed by atoms with van der Waals surface area (Å²) in [4.78, 5) is 0. The van der Waals surface area contributed by atoms with Gasteiger partial charge in [-0.3, -0.25) is 0 Å². The number of hydrogen-bond donors (Lipinski definition) is 0. The number of aryl methyl sites for hydroxylation is 1. The lowest BCUT2D eigenvalue weighted by atomic mass is 9.84. The van der Waals surface area contributed by atoms with Crippen LogP contribution in [0.1, 0.15) is 31.0 Å². The second kappa shape index (κ2) is 4.47. The quantitative estimate of drug-likeness (QED) is 0.453. The van der Waals surface area contributed by atoms with Gasteiger partial charge in [-0.15, -0.1) is 0 Å². The first-order valence-corrected chi connectivity index (χ1v) is 7.48. The first-order valence-electron chi connectivity index (χ1n) is 7.48. The first-order chi connectivity index (χ1) is 9.07. The zero-order chi connectivity index (χ0) is 13.3. The highest BCUT2D eigenvalue weighted by atomic mass is 127. The molecule has 108 valence electrons. The second-order valence-corrected chi connectivity index (χ2v) is 6.87. The van der Waals surface area contributed by atoms with Gasteiger partial charge in [0.25, 0.3) is 0 Å². The first kappa shape index (κ1) is 14.4. The Hall–Kier alpha value is -0.550. The van der Waals surface area contributed by atoms with Gasteiger partial charge in [0, 0.05) is 37.2 Å². The van der Waals surface area contributed by atoms with Crippen molar-refractivity contribution >= 4 is 10.9 Å². The van der Waals surface area contributed by atoms with Crippen molar-refractivity contribution in [1.82, 2.24) is 4.57 Å². The molecule has 0 aliphatic carbocycles. The van der Waals surface area contributed by atoms with Crippen LogP contribution < -0.4 is 24.0 Å². The summed E-state index contributed by atoms with van der Waals surface area (Å²) in [5.41, 5.74) is 4.97. The van der Waals surface area contributed by atoms with Crippen LogP contribution in [-0.4, -0.2) is 29.2 Å². The van der Waals surface area contributed by atoms with E-state index in [9.17, 15) is 0 Å². The van der Waals surface area contributed by atoms with Gasteiger partial charge in [0.05, 0.1) is 25.8 Å². The summed E-state index contributed by atoms with van der Waals surface area (Å²) in [6.45, 7) is 5.14. The molecule has 2 nitrogen and oxygen atoms in total. The second-order valence-electron chi connectivity index (χ2n) is 6.87. The highest BCUT2D eigenvalue weighted by Crippen LogP contribution is 2.50. The number of para-hydroxylation sites is 1. The summed E-state index contributed by atoms with van der Waals surface area (Å²) in [6, 6.07) is 8.93. The fourth-order valence-corrected chi connectivity index (χ4v) is 4.79. The van der Waals surface area contributed by atoms with Crippen molar-refractivity contribution < 1.29 is 28.5 Å². The van der Waals surface area contributed by atoms with Gasteiger partial charge < -0.3 is 33.0 Å². The van der Waals surface area contributed by atoms with Crippen molar-refractivity contribution in [3.8, 4) is 0 Å². The fraction of sp³-hybridized carbons (Fsp3) is 0.529. The zero-order valence-electron chi connectivity index (χ0n) is 12.6. The largest absolute Gasteiger partial charge is 1.00 e. The monoisotopic (exact) mass is 382 g/mol. The van der Waals surface area contributed by atoms with Crippen molar-refractivity contribution in [3.05, 3.63) is 35.5 Å². The molecule has 2 atom stereocenters. The SMILES string of the molecule is Cn1c2c(c3ccccc31)CC[N+]1(C)CCCC21C.[I-]. The van der Waals surface area contributed by atoms with Crippen molar-refractivity contribution in [1.29, 1.82) is 0 Å². The summed E-state index contributed by atoms with van der Waals surface area (Å²) < 4.78 is 3.72. The van der Waals surface area contributed by atoms with Gasteiger partial charge in [0.1, 0.15) is 5.54 Å². The Labute approximate surface area is 138 Å². The van der Waals surface area contributed by atoms with E-state index in [-0.39, 0.29) is 24.0 Å². The van der Waals surface area contributed by atoms with Crippen molar-refractivity contribution in [3.63, 3.8) is 0 Å². The minimum Gasteiger partial charge on any atom is -1.00 e. The molecule has 0 saturated carbocycles. The normalized spacial score (nSPS) is 31.8. The number of nitrogens with zero attached hydrogens (tertiary/aromatic N) is 2. The molecule has 0 N–H and O–H groups in total. The molecule has 0 radical (unpaired) electrons. The molecule has 4 rings (SSSR count). The smallest absolute Gasteiger partial charge is 0.137 e. The number of benzene rings is 1. The molecule has 0 bridgehead atoms. The van der Waals surface area contributed by atoms with E-state index >= 15 is 0 Å². The van der Waals surface area contributed by atoms with Crippen LogP contribution in [0.2, 0.25) is 0 Å². The van der Waals surface area contributed by atoms with Crippen molar-refractivity contribution in [2.45, 2.75) is 31.7 Å². The van der Waals surface area contributed by atoms with Crippen LogP contribution in [0.3, 0.4) is 0 Å². The Morgan fingerprint density at radius 1 is 1.20 bits per heavy atom. The Morgan fingerprint density at radius 2 is 1.95 bits per heavy atom. The maximum Gasteiger partial charge on any atom is 0.137 e. The summed E-state index contributed by atoms with van der Waals surface area (Å²) in [7, 11) is 4.73. The highest BCUT2D eigenvalue weighted by Gasteiger charge is 2.54. The predicted molar refractivity (Wildman–Crippen MR) is 79.1 cm³/mol. The molecule has 0 amide bonds. The maximum absolute atomic E-state index is 2.50. The predicted octanol–water partition coefficient (Wildman–Crippen LogP) is 0.194. The van der Waals surface area contributed by atoms with Crippen molar-refractivity contribution in [2.75, 3.05) is 20.1 Å². The molecule has 3 heteroatoms. The maximum atomic E-state index is 2.50. The minimum atomic E-state index is 0. The molecule has 2 aliphatic heterocycles. The third-order valence-corrected chi connectivity index (χ3v) is 6.08. The molecule has 1 aromatic heterocycles. The molecule has 1 aromatic carbocycles. The zero-order valence-corrected chi connectivity index (χ0v) is 14.8. The van der Waals surface area contributed by atoms with E-state index in [0.717, 1.165) is 0 Å². The number of halogens is 1. The van der Waals surface area contributed by atoms with Crippen molar-refractivity contribution in [2.24, 2.45) is 7.05 Å². The molecule has 2 aliphatic rings. The van der Waals surface area contributed by atoms with E-state index in [1.807, 2.05) is 0 Å². The van der Waals surface area contributed by atoms with Gasteiger partial charge in [-0.25, -0.2) is 0 Å². The van der Waals surface area contributed by atoms with Crippen LogP contribution in [0.25, 0.3) is 10.9 Å². The van der Waals surface area contributed by atoms with Crippen LogP contribution >= 0.6 is 0 Å². The van der Waals surface area contributed by atoms with Gasteiger partial charge in [0.2, 0.25) is 0 Å². The number of aromatic nitrogens is 1. The Morgan fingerprint density at radius 3 is 2.75 bits per heavy atom. The average molecular weight is 382 g/mol. The number of quaternary nitrogens is 1. The van der Waals surface area contributed by atoms with Gasteiger partial charge in [-0.2, -0.15) is 0 Å². The minimum absolute atomic E-state index is 0. The topological polar surface area (TPSA) is 4.93 Å². The summed E-state index contributed by atoms with van der Waals surface area (Å²) >= 11 is 0. The lowest BCUT2D eigenvalue weighted by molar-refractivity contribution is -0.954. The van der Waals surface area contributed by atoms with Gasteiger partial charge in [-0.05, 0) is 18.6 Å². The Kier molecular flexibility index (Phi) is 3.22. The molecule has 1 saturated heterocycles. The number of rotatable bonds is 0. The van der Waals surface area contributed by atoms with Gasteiger partial charge in [-0.1, -0.05) is 18.2 Å². The van der Waals surface area contributed by atoms with E-state index in [1.165, 1.54) is 47.7 Å². The Bertz CT molecular complexity index is 675. The lowest BCUT2D eigenvalue weighted by Crippen LogP contribution is -3.00. The van der Waals surface area contributed by atoms with E-state index in [1.54, 1.807) is 11.3 Å². The van der Waals surface area contributed by atoms with Crippen LogP contribution in [0.15, 0.2) is 24.3 Å². The number of likely N-dealkylation sites (N-methyl/N-ethyl adjacent to an activating group) is 1. The number of hydrogen-bond acceptors (Lipinski definition) is 0. The van der Waals surface area contributed by atoms with E-state index in [2.05, 4.69) is 49.9 Å². The molecular weight excluding hydrogens is 359 g/mol. The summed E-state index contributed by atoms with van der Waals surface area (Å²) in [6.07, 6.45) is 3.94. The Balaban J connectivity index is 0.00000121. The lowest BCUT2D eigenvalue weighted by Gasteiger charge is -2.48. The molecule has 1 fully saturated rings. The fourth-order valence-electron chi connectivity index (χ4n) is 4.79. The van der Waals surface area contributed by atoms with E-state index in [0.29, 0.717) is 5.54 Å². The van der Waals surface area contributed by atoms with E-state index in [4.69, 9.17) is 0 Å². The molecule has 3 heterocycles. The van der Waals surface area contributed by atoms with Crippen LogP contribution in [0, 0.1) is 0 Å². The molecule has 0 spiro atoms. The third kappa shape index (κ3) is 1.54. The van der Waals surface area contributed by atoms with Gasteiger partial charge in [0.15, 0.2) is 0 Å². The van der Waals surface area contributed by atoms with E-state index < -0.39 is 0 Å². The van der Waals surface area contributed by atoms with Crippen LogP contribution in [-0.2, 0) is 19.0 Å². The third-order valence-electron chi connectivity index (χ3n) is 6.08. The summed E-state index contributed by atoms with van der Waals surface area (Å²) in [5.74, 6) is 0. The van der Waals surface area contributed by atoms with Crippen LogP contribution in [0.4, 0.5) is 0 Å². The highest BCUT2D eigenvalue weighted by molar-refractivity contribution is 5.86. The molecule has 20 heavy (non-hydrogen) atoms.